The molecule has 1 heteroatoms. The van der Waals surface area contributed by atoms with E-state index in [9.17, 15) is 4.79 Å². The van der Waals surface area contributed by atoms with Gasteiger partial charge in [-0.3, -0.25) is 0 Å². The molecule has 0 saturated carbocycles. The predicted molar refractivity (Wildman–Crippen MR) is 84.5 cm³/mol. The van der Waals surface area contributed by atoms with Gasteiger partial charge >= 0.3 is 0 Å². The predicted octanol–water partition coefficient (Wildman–Crippen LogP) is 4.72. The van der Waals surface area contributed by atoms with Gasteiger partial charge in [-0.2, -0.15) is 0 Å². The van der Waals surface area contributed by atoms with Gasteiger partial charge < -0.3 is 4.79 Å². The average molecular weight is 258 g/mol. The number of hydrogen-bond acceptors (Lipinski definition) is 1. The van der Waals surface area contributed by atoms with E-state index in [4.69, 9.17) is 0 Å². The number of carbonyl (C=O) groups excluding carboxylic acids is 1. The summed E-state index contributed by atoms with van der Waals surface area (Å²) in [5.41, 5.74) is 1.27. The van der Waals surface area contributed by atoms with Crippen molar-refractivity contribution in [2.75, 3.05) is 0 Å². The van der Waals surface area contributed by atoms with Crippen LogP contribution in [0.1, 0.15) is 12.0 Å². The van der Waals surface area contributed by atoms with Gasteiger partial charge in [0.15, 0.2) is 0 Å². The molecular weight excluding hydrogens is 244 g/mol. The molecule has 0 radical (unpaired) electrons. The van der Waals surface area contributed by atoms with Gasteiger partial charge in [0.1, 0.15) is 6.29 Å². The average Bonchev–Trinajstić information content (AvgIpc) is 2.51. The first-order chi connectivity index (χ1) is 9.88. The Morgan fingerprint density at radius 3 is 2.15 bits per heavy atom. The Bertz CT molecular complexity index is 905. The molecule has 0 aromatic heterocycles. The summed E-state index contributed by atoms with van der Waals surface area (Å²) < 4.78 is 0. The summed E-state index contributed by atoms with van der Waals surface area (Å²) in [4.78, 5) is 10.6. The lowest BCUT2D eigenvalue weighted by Gasteiger charge is -2.13. The first-order valence-corrected chi connectivity index (χ1v) is 6.97. The first kappa shape index (κ1) is 11.4. The second-order valence-electron chi connectivity index (χ2n) is 5.29. The Morgan fingerprint density at radius 2 is 1.40 bits per heavy atom. The van der Waals surface area contributed by atoms with E-state index in [2.05, 4.69) is 54.6 Å². The minimum Gasteiger partial charge on any atom is -0.303 e. The molecule has 4 aromatic carbocycles. The maximum atomic E-state index is 10.6. The number of aryl methyl sites for hydroxylation is 1. The third-order valence-corrected chi connectivity index (χ3v) is 4.15. The van der Waals surface area contributed by atoms with E-state index in [1.807, 2.05) is 0 Å². The van der Waals surface area contributed by atoms with Crippen LogP contribution >= 0.6 is 0 Å². The van der Waals surface area contributed by atoms with Crippen LogP contribution in [0.2, 0.25) is 0 Å². The highest BCUT2D eigenvalue weighted by Gasteiger charge is 2.10. The minimum absolute atomic E-state index is 0.587. The van der Waals surface area contributed by atoms with Crippen molar-refractivity contribution in [3.05, 3.63) is 60.2 Å². The van der Waals surface area contributed by atoms with E-state index >= 15 is 0 Å². The molecule has 0 saturated heterocycles. The highest BCUT2D eigenvalue weighted by Crippen LogP contribution is 2.36. The zero-order valence-electron chi connectivity index (χ0n) is 11.1. The lowest BCUT2D eigenvalue weighted by atomic mass is 9.91. The molecule has 0 spiro atoms. The molecule has 0 aliphatic carbocycles. The minimum atomic E-state index is 0.587. The molecule has 4 aromatic rings. The number of carbonyl (C=O) groups is 1. The van der Waals surface area contributed by atoms with Gasteiger partial charge in [-0.25, -0.2) is 0 Å². The summed E-state index contributed by atoms with van der Waals surface area (Å²) in [5.74, 6) is 0. The number of aldehydes is 1. The van der Waals surface area contributed by atoms with Gasteiger partial charge in [-0.15, -0.1) is 0 Å². The Morgan fingerprint density at radius 1 is 0.750 bits per heavy atom. The Balaban J connectivity index is 2.17. The molecule has 0 aliphatic heterocycles. The second-order valence-corrected chi connectivity index (χ2v) is 5.29. The fourth-order valence-corrected chi connectivity index (χ4v) is 3.23. The van der Waals surface area contributed by atoms with Gasteiger partial charge in [-0.05, 0) is 44.3 Å². The third-order valence-electron chi connectivity index (χ3n) is 4.15. The standard InChI is InChI=1S/C19H14O/c20-12-2-5-13-6-7-16-9-8-14-3-1-4-15-10-11-17(13)19(16)18(14)15/h1,3-4,6-12H,2,5H2. The van der Waals surface area contributed by atoms with E-state index in [0.29, 0.717) is 6.42 Å². The van der Waals surface area contributed by atoms with Crippen molar-refractivity contribution in [3.63, 3.8) is 0 Å². The number of rotatable bonds is 3. The van der Waals surface area contributed by atoms with Crippen LogP contribution in [-0.2, 0) is 11.2 Å². The molecule has 1 nitrogen and oxygen atoms in total. The van der Waals surface area contributed by atoms with Crippen LogP contribution in [-0.4, -0.2) is 6.29 Å². The highest BCUT2D eigenvalue weighted by atomic mass is 16.1. The van der Waals surface area contributed by atoms with Gasteiger partial charge in [0.05, 0.1) is 0 Å². The molecule has 0 unspecified atom stereocenters. The molecular formula is C19H14O. The molecule has 0 aliphatic rings. The number of benzene rings is 4. The van der Waals surface area contributed by atoms with E-state index in [0.717, 1.165) is 12.7 Å². The SMILES string of the molecule is O=CCCc1ccc2ccc3cccc4ccc1c2c34. The van der Waals surface area contributed by atoms with Gasteiger partial charge in [0, 0.05) is 6.42 Å². The fraction of sp³-hybridized carbons (Fsp3) is 0.105. The number of hydrogen-bond donors (Lipinski definition) is 0. The summed E-state index contributed by atoms with van der Waals surface area (Å²) in [7, 11) is 0. The van der Waals surface area contributed by atoms with Crippen molar-refractivity contribution in [3.8, 4) is 0 Å². The molecule has 0 bridgehead atoms. The van der Waals surface area contributed by atoms with Crippen molar-refractivity contribution in [2.24, 2.45) is 0 Å². The Hall–Kier alpha value is -2.41. The highest BCUT2D eigenvalue weighted by molar-refractivity contribution is 6.23. The van der Waals surface area contributed by atoms with Crippen molar-refractivity contribution in [2.45, 2.75) is 12.8 Å². The summed E-state index contributed by atoms with van der Waals surface area (Å²) >= 11 is 0. The van der Waals surface area contributed by atoms with E-state index in [1.165, 1.54) is 37.9 Å². The summed E-state index contributed by atoms with van der Waals surface area (Å²) in [6.07, 6.45) is 2.40. The van der Waals surface area contributed by atoms with E-state index in [-0.39, 0.29) is 0 Å². The van der Waals surface area contributed by atoms with E-state index in [1.54, 1.807) is 0 Å². The lowest BCUT2D eigenvalue weighted by Crippen LogP contribution is -1.91. The van der Waals surface area contributed by atoms with E-state index < -0.39 is 0 Å². The zero-order chi connectivity index (χ0) is 13.5. The Kier molecular flexibility index (Phi) is 2.46. The summed E-state index contributed by atoms with van der Waals surface area (Å²) in [5, 5.41) is 7.81. The monoisotopic (exact) mass is 258 g/mol. The first-order valence-electron chi connectivity index (χ1n) is 6.97. The van der Waals surface area contributed by atoms with Crippen LogP contribution in [0.25, 0.3) is 32.3 Å². The normalized spacial score (nSPS) is 11.6. The van der Waals surface area contributed by atoms with Gasteiger partial charge in [-0.1, -0.05) is 54.6 Å². The van der Waals surface area contributed by atoms with Crippen LogP contribution in [0.4, 0.5) is 0 Å². The molecule has 20 heavy (non-hydrogen) atoms. The van der Waals surface area contributed by atoms with Crippen molar-refractivity contribution in [1.82, 2.24) is 0 Å². The topological polar surface area (TPSA) is 17.1 Å². The largest absolute Gasteiger partial charge is 0.303 e. The van der Waals surface area contributed by atoms with Crippen LogP contribution in [0.3, 0.4) is 0 Å². The molecule has 96 valence electrons. The maximum absolute atomic E-state index is 10.6. The third kappa shape index (κ3) is 1.53. The maximum Gasteiger partial charge on any atom is 0.120 e. The smallest absolute Gasteiger partial charge is 0.120 e. The molecule has 4 rings (SSSR count). The van der Waals surface area contributed by atoms with Crippen LogP contribution in [0.15, 0.2) is 54.6 Å². The quantitative estimate of drug-likeness (QED) is 0.384. The van der Waals surface area contributed by atoms with Crippen LogP contribution < -0.4 is 0 Å². The second kappa shape index (κ2) is 4.31. The molecule has 0 atom stereocenters. The molecule has 0 amide bonds. The fourth-order valence-electron chi connectivity index (χ4n) is 3.23. The van der Waals surface area contributed by atoms with Gasteiger partial charge in [0.2, 0.25) is 0 Å². The van der Waals surface area contributed by atoms with Crippen molar-refractivity contribution in [1.29, 1.82) is 0 Å². The summed E-state index contributed by atoms with van der Waals surface area (Å²) in [6, 6.07) is 19.5. The van der Waals surface area contributed by atoms with Gasteiger partial charge in [0.25, 0.3) is 0 Å². The zero-order valence-corrected chi connectivity index (χ0v) is 11.1. The lowest BCUT2D eigenvalue weighted by molar-refractivity contribution is -0.107. The molecule has 0 fully saturated rings. The Labute approximate surface area is 117 Å². The van der Waals surface area contributed by atoms with Crippen molar-refractivity contribution >= 4 is 38.6 Å². The van der Waals surface area contributed by atoms with Crippen LogP contribution in [0.5, 0.6) is 0 Å². The summed E-state index contributed by atoms with van der Waals surface area (Å²) in [6.45, 7) is 0. The molecule has 0 N–H and O–H groups in total. The molecule has 0 heterocycles. The van der Waals surface area contributed by atoms with Crippen LogP contribution in [0, 0.1) is 0 Å². The van der Waals surface area contributed by atoms with Crippen molar-refractivity contribution < 1.29 is 4.79 Å².